The first-order chi connectivity index (χ1) is 13.2. The average Bonchev–Trinajstić information content (AvgIpc) is 3.15. The van der Waals surface area contributed by atoms with E-state index in [1.807, 2.05) is 18.2 Å². The van der Waals surface area contributed by atoms with E-state index < -0.39 is 0 Å². The monoisotopic (exact) mass is 389 g/mol. The van der Waals surface area contributed by atoms with Crippen molar-refractivity contribution in [1.82, 2.24) is 19.9 Å². The van der Waals surface area contributed by atoms with Gasteiger partial charge in [0.2, 0.25) is 5.89 Å². The number of nitrogens with zero attached hydrogens (tertiary/aromatic N) is 4. The summed E-state index contributed by atoms with van der Waals surface area (Å²) in [7, 11) is 0. The zero-order valence-corrected chi connectivity index (χ0v) is 16.1. The van der Waals surface area contributed by atoms with Gasteiger partial charge in [-0.05, 0) is 44.5 Å². The molecular formula is C19H24ClN5O2. The molecule has 3 rings (SSSR count). The first-order valence-corrected chi connectivity index (χ1v) is 9.42. The molecule has 0 saturated heterocycles. The number of hydrogen-bond acceptors (Lipinski definition) is 7. The molecule has 2 heterocycles. The fraction of sp³-hybridized carbons (Fsp3) is 0.421. The summed E-state index contributed by atoms with van der Waals surface area (Å²) in [5, 5.41) is 14.3. The summed E-state index contributed by atoms with van der Waals surface area (Å²) in [6, 6.07) is 5.87. The van der Waals surface area contributed by atoms with Gasteiger partial charge in [0.05, 0.1) is 24.9 Å². The Labute approximate surface area is 163 Å². The molecule has 0 aliphatic rings. The van der Waals surface area contributed by atoms with Crippen molar-refractivity contribution in [3.05, 3.63) is 47.9 Å². The largest absolute Gasteiger partial charge is 0.448 e. The van der Waals surface area contributed by atoms with Crippen LogP contribution in [0.2, 0.25) is 5.02 Å². The second-order valence-corrected chi connectivity index (χ2v) is 6.93. The maximum Gasteiger partial charge on any atom is 0.208 e. The van der Waals surface area contributed by atoms with Crippen molar-refractivity contribution in [2.45, 2.75) is 32.4 Å². The van der Waals surface area contributed by atoms with Gasteiger partial charge in [0.25, 0.3) is 0 Å². The van der Waals surface area contributed by atoms with Gasteiger partial charge in [-0.2, -0.15) is 0 Å². The van der Waals surface area contributed by atoms with Crippen molar-refractivity contribution in [2.75, 3.05) is 25.0 Å². The number of nitrogens with one attached hydrogen (secondary N) is 1. The summed E-state index contributed by atoms with van der Waals surface area (Å²) in [5.41, 5.74) is 0.826. The Kier molecular flexibility index (Phi) is 6.98. The number of oxazole rings is 1. The molecule has 0 saturated carbocycles. The molecule has 1 aromatic carbocycles. The Morgan fingerprint density at radius 3 is 2.93 bits per heavy atom. The first kappa shape index (κ1) is 19.5. The molecule has 144 valence electrons. The minimum Gasteiger partial charge on any atom is -0.448 e. The van der Waals surface area contributed by atoms with Crippen LogP contribution in [-0.2, 0) is 6.54 Å². The average molecular weight is 390 g/mol. The first-order valence-electron chi connectivity index (χ1n) is 9.04. The maximum absolute atomic E-state index is 9.26. The quantitative estimate of drug-likeness (QED) is 0.549. The fourth-order valence-electron chi connectivity index (χ4n) is 3.01. The summed E-state index contributed by atoms with van der Waals surface area (Å²) in [5.74, 6) is 1.48. The van der Waals surface area contributed by atoms with Gasteiger partial charge < -0.3 is 14.8 Å². The Bertz CT molecular complexity index is 843. The second-order valence-electron chi connectivity index (χ2n) is 6.50. The van der Waals surface area contributed by atoms with E-state index in [1.54, 1.807) is 18.8 Å². The lowest BCUT2D eigenvalue weighted by molar-refractivity contribution is 0.175. The van der Waals surface area contributed by atoms with Gasteiger partial charge in [-0.25, -0.2) is 15.0 Å². The van der Waals surface area contributed by atoms with Crippen LogP contribution >= 0.6 is 11.6 Å². The molecule has 0 fully saturated rings. The highest BCUT2D eigenvalue weighted by Gasteiger charge is 2.11. The Morgan fingerprint density at radius 2 is 2.15 bits per heavy atom. The molecule has 1 atom stereocenters. The summed E-state index contributed by atoms with van der Waals surface area (Å²) in [6.07, 6.45) is 6.69. The van der Waals surface area contributed by atoms with Crippen LogP contribution < -0.4 is 5.32 Å². The second kappa shape index (κ2) is 9.64. The smallest absolute Gasteiger partial charge is 0.208 e. The van der Waals surface area contributed by atoms with Gasteiger partial charge in [0, 0.05) is 23.0 Å². The van der Waals surface area contributed by atoms with Gasteiger partial charge in [0.15, 0.2) is 0 Å². The summed E-state index contributed by atoms with van der Waals surface area (Å²) >= 11 is 6.04. The number of benzene rings is 1. The molecule has 0 spiro atoms. The molecule has 3 aromatic rings. The van der Waals surface area contributed by atoms with Crippen molar-refractivity contribution in [3.63, 3.8) is 0 Å². The molecule has 8 heteroatoms. The normalized spacial score (nSPS) is 12.6. The van der Waals surface area contributed by atoms with Gasteiger partial charge >= 0.3 is 0 Å². The number of anilines is 1. The summed E-state index contributed by atoms with van der Waals surface area (Å²) < 4.78 is 5.30. The molecule has 1 unspecified atom stereocenters. The van der Waals surface area contributed by atoms with Crippen LogP contribution in [0.25, 0.3) is 10.9 Å². The molecule has 7 nitrogen and oxygen atoms in total. The van der Waals surface area contributed by atoms with E-state index in [-0.39, 0.29) is 12.6 Å². The molecule has 0 bridgehead atoms. The minimum absolute atomic E-state index is 0.115. The van der Waals surface area contributed by atoms with Crippen molar-refractivity contribution >= 4 is 28.3 Å². The Hall–Kier alpha value is -2.22. The van der Waals surface area contributed by atoms with Crippen LogP contribution in [0.1, 0.15) is 25.7 Å². The lowest BCUT2D eigenvalue weighted by Gasteiger charge is -2.21. The maximum atomic E-state index is 9.26. The highest BCUT2D eigenvalue weighted by molar-refractivity contribution is 6.31. The van der Waals surface area contributed by atoms with E-state index in [2.05, 4.69) is 32.1 Å². The number of aliphatic hydroxyl groups is 1. The van der Waals surface area contributed by atoms with Crippen LogP contribution in [0.3, 0.4) is 0 Å². The number of halogens is 1. The Balaban J connectivity index is 1.52. The number of rotatable bonds is 10. The molecule has 0 aliphatic heterocycles. The number of hydrogen-bond donors (Lipinski definition) is 2. The predicted molar refractivity (Wildman–Crippen MR) is 106 cm³/mol. The molecule has 2 N–H and O–H groups in total. The SMILES string of the molecule is CC(CCCN(CCO)Cc1ncco1)Nc1ncnc2cc(Cl)ccc12. The van der Waals surface area contributed by atoms with Crippen LogP contribution in [0, 0.1) is 0 Å². The van der Waals surface area contributed by atoms with Gasteiger partial charge in [-0.1, -0.05) is 11.6 Å². The van der Waals surface area contributed by atoms with Crippen LogP contribution in [0.4, 0.5) is 5.82 Å². The van der Waals surface area contributed by atoms with Crippen molar-refractivity contribution in [2.24, 2.45) is 0 Å². The number of fused-ring (bicyclic) bond motifs is 1. The van der Waals surface area contributed by atoms with Crippen LogP contribution in [0.5, 0.6) is 0 Å². The zero-order valence-electron chi connectivity index (χ0n) is 15.3. The molecule has 0 radical (unpaired) electrons. The minimum atomic E-state index is 0.115. The third kappa shape index (κ3) is 5.63. The van der Waals surface area contributed by atoms with Crippen molar-refractivity contribution < 1.29 is 9.52 Å². The van der Waals surface area contributed by atoms with E-state index in [4.69, 9.17) is 16.0 Å². The highest BCUT2D eigenvalue weighted by atomic mass is 35.5. The number of aliphatic hydroxyl groups excluding tert-OH is 1. The zero-order chi connectivity index (χ0) is 19.1. The highest BCUT2D eigenvalue weighted by Crippen LogP contribution is 2.23. The predicted octanol–water partition coefficient (Wildman–Crippen LogP) is 3.35. The number of aromatic nitrogens is 3. The summed E-state index contributed by atoms with van der Waals surface area (Å²) in [4.78, 5) is 14.9. The fourth-order valence-corrected chi connectivity index (χ4v) is 3.17. The van der Waals surface area contributed by atoms with Crippen molar-refractivity contribution in [1.29, 1.82) is 0 Å². The summed E-state index contributed by atoms with van der Waals surface area (Å²) in [6.45, 7) is 4.31. The van der Waals surface area contributed by atoms with Crippen molar-refractivity contribution in [3.8, 4) is 0 Å². The molecule has 27 heavy (non-hydrogen) atoms. The third-order valence-corrected chi connectivity index (χ3v) is 4.59. The molecule has 0 amide bonds. The van der Waals surface area contributed by atoms with E-state index >= 15 is 0 Å². The van der Waals surface area contributed by atoms with E-state index in [9.17, 15) is 5.11 Å². The van der Waals surface area contributed by atoms with E-state index in [1.165, 1.54) is 0 Å². The Morgan fingerprint density at radius 1 is 1.26 bits per heavy atom. The van der Waals surface area contributed by atoms with Gasteiger partial charge in [-0.3, -0.25) is 4.90 Å². The molecule has 2 aromatic heterocycles. The molecular weight excluding hydrogens is 366 g/mol. The van der Waals surface area contributed by atoms with Crippen LogP contribution in [0.15, 0.2) is 41.4 Å². The lowest BCUT2D eigenvalue weighted by Crippen LogP contribution is -2.29. The molecule has 0 aliphatic carbocycles. The third-order valence-electron chi connectivity index (χ3n) is 4.35. The van der Waals surface area contributed by atoms with E-state index in [0.717, 1.165) is 36.1 Å². The van der Waals surface area contributed by atoms with Gasteiger partial charge in [-0.15, -0.1) is 0 Å². The lowest BCUT2D eigenvalue weighted by atomic mass is 10.1. The van der Waals surface area contributed by atoms with E-state index in [0.29, 0.717) is 24.0 Å². The standard InChI is InChI=1S/C19H24ClN5O2/c1-14(3-2-7-25(8-9-26)12-18-21-6-10-27-18)24-19-16-5-4-15(20)11-17(16)22-13-23-19/h4-6,10-11,13-14,26H,2-3,7-9,12H2,1H3,(H,22,23,24). The topological polar surface area (TPSA) is 87.3 Å². The van der Waals surface area contributed by atoms with Gasteiger partial charge in [0.1, 0.15) is 18.4 Å². The van der Waals surface area contributed by atoms with Crippen LogP contribution in [-0.4, -0.2) is 50.7 Å².